The van der Waals surface area contributed by atoms with Gasteiger partial charge in [-0.15, -0.1) is 0 Å². The van der Waals surface area contributed by atoms with Crippen LogP contribution in [-0.2, 0) is 5.41 Å². The molecule has 0 saturated carbocycles. The van der Waals surface area contributed by atoms with Crippen molar-refractivity contribution < 1.29 is 4.42 Å². The second-order valence-corrected chi connectivity index (χ2v) is 8.50. The lowest BCUT2D eigenvalue weighted by Crippen LogP contribution is -2.15. The van der Waals surface area contributed by atoms with E-state index in [4.69, 9.17) is 10.2 Å². The molecule has 29 heavy (non-hydrogen) atoms. The molecule has 0 fully saturated rings. The van der Waals surface area contributed by atoms with E-state index in [0.717, 1.165) is 27.6 Å². The van der Waals surface area contributed by atoms with Crippen LogP contribution in [0.2, 0.25) is 0 Å². The molecule has 4 aromatic carbocycles. The molecule has 6 rings (SSSR count). The second kappa shape index (κ2) is 5.51. The third-order valence-corrected chi connectivity index (χ3v) is 6.41. The predicted octanol–water partition coefficient (Wildman–Crippen LogP) is 7.14. The van der Waals surface area contributed by atoms with Crippen LogP contribution < -0.4 is 5.73 Å². The highest BCUT2D eigenvalue weighted by molar-refractivity contribution is 6.06. The number of fused-ring (bicyclic) bond motifs is 6. The largest absolute Gasteiger partial charge is 0.456 e. The lowest BCUT2D eigenvalue weighted by molar-refractivity contribution is 0.661. The van der Waals surface area contributed by atoms with Gasteiger partial charge in [0, 0.05) is 21.9 Å². The van der Waals surface area contributed by atoms with E-state index in [1.807, 2.05) is 18.2 Å². The van der Waals surface area contributed by atoms with E-state index in [0.29, 0.717) is 0 Å². The summed E-state index contributed by atoms with van der Waals surface area (Å²) in [6, 6.07) is 27.8. The van der Waals surface area contributed by atoms with Crippen LogP contribution in [0, 0.1) is 0 Å². The van der Waals surface area contributed by atoms with E-state index in [9.17, 15) is 0 Å². The second-order valence-electron chi connectivity index (χ2n) is 8.50. The average Bonchev–Trinajstić information content (AvgIpc) is 3.20. The van der Waals surface area contributed by atoms with Gasteiger partial charge in [0.25, 0.3) is 0 Å². The molecule has 0 bridgehead atoms. The van der Waals surface area contributed by atoms with Crippen molar-refractivity contribution in [2.24, 2.45) is 0 Å². The molecule has 0 amide bonds. The van der Waals surface area contributed by atoms with Crippen molar-refractivity contribution in [2.45, 2.75) is 19.3 Å². The van der Waals surface area contributed by atoms with E-state index >= 15 is 0 Å². The topological polar surface area (TPSA) is 39.2 Å². The maximum Gasteiger partial charge on any atom is 0.135 e. The average molecular weight is 375 g/mol. The third-order valence-electron chi connectivity index (χ3n) is 6.41. The summed E-state index contributed by atoms with van der Waals surface area (Å²) in [5, 5.41) is 2.32. The molecular formula is C27H21NO. The first-order valence-electron chi connectivity index (χ1n) is 9.99. The molecule has 2 heteroatoms. The molecule has 1 aliphatic rings. The van der Waals surface area contributed by atoms with E-state index in [1.165, 1.54) is 33.4 Å². The van der Waals surface area contributed by atoms with Crippen LogP contribution in [0.1, 0.15) is 25.0 Å². The van der Waals surface area contributed by atoms with E-state index < -0.39 is 0 Å². The Morgan fingerprint density at radius 3 is 2.17 bits per heavy atom. The van der Waals surface area contributed by atoms with E-state index in [2.05, 4.69) is 74.5 Å². The van der Waals surface area contributed by atoms with Gasteiger partial charge < -0.3 is 10.2 Å². The molecular weight excluding hydrogens is 354 g/mol. The van der Waals surface area contributed by atoms with Crippen molar-refractivity contribution in [1.82, 2.24) is 0 Å². The molecule has 0 radical (unpaired) electrons. The quantitative estimate of drug-likeness (QED) is 0.316. The molecule has 1 aromatic heterocycles. The van der Waals surface area contributed by atoms with Crippen molar-refractivity contribution >= 4 is 27.6 Å². The molecule has 140 valence electrons. The van der Waals surface area contributed by atoms with Gasteiger partial charge in [0.05, 0.1) is 0 Å². The van der Waals surface area contributed by atoms with E-state index in [1.54, 1.807) is 0 Å². The van der Waals surface area contributed by atoms with Gasteiger partial charge in [-0.2, -0.15) is 0 Å². The van der Waals surface area contributed by atoms with Crippen LogP contribution in [0.4, 0.5) is 5.69 Å². The zero-order valence-corrected chi connectivity index (χ0v) is 16.5. The molecule has 1 heterocycles. The standard InChI is InChI=1S/C27H21NO/c1-27(2)23-14-17(7-10-19(23)20-11-9-18(28)15-24(20)27)16-8-12-26-22(13-16)21-5-3-4-6-25(21)29-26/h3-15H,28H2,1-2H3. The number of hydrogen-bond acceptors (Lipinski definition) is 2. The lowest BCUT2D eigenvalue weighted by Gasteiger charge is -2.22. The van der Waals surface area contributed by atoms with Crippen molar-refractivity contribution in [3.05, 3.63) is 90.0 Å². The molecule has 0 aliphatic heterocycles. The van der Waals surface area contributed by atoms with Crippen molar-refractivity contribution in [3.63, 3.8) is 0 Å². The maximum absolute atomic E-state index is 6.09. The van der Waals surface area contributed by atoms with Gasteiger partial charge in [0.2, 0.25) is 0 Å². The Hall–Kier alpha value is -3.52. The number of benzene rings is 4. The first-order valence-corrected chi connectivity index (χ1v) is 9.99. The van der Waals surface area contributed by atoms with Crippen LogP contribution in [-0.4, -0.2) is 0 Å². The number of anilines is 1. The third kappa shape index (κ3) is 2.23. The summed E-state index contributed by atoms with van der Waals surface area (Å²) in [5.41, 5.74) is 16.4. The zero-order valence-electron chi connectivity index (χ0n) is 16.5. The highest BCUT2D eigenvalue weighted by Crippen LogP contribution is 2.50. The Morgan fingerprint density at radius 2 is 1.31 bits per heavy atom. The van der Waals surface area contributed by atoms with Crippen molar-refractivity contribution in [1.29, 1.82) is 0 Å². The summed E-state index contributed by atoms with van der Waals surface area (Å²) in [6.45, 7) is 4.57. The Labute approximate surface area is 169 Å². The number of nitrogens with two attached hydrogens (primary N) is 1. The Morgan fingerprint density at radius 1 is 0.655 bits per heavy atom. The van der Waals surface area contributed by atoms with Gasteiger partial charge in [-0.05, 0) is 69.8 Å². The minimum absolute atomic E-state index is 0.0670. The first-order chi connectivity index (χ1) is 14.0. The summed E-state index contributed by atoms with van der Waals surface area (Å²) in [6.07, 6.45) is 0. The lowest BCUT2D eigenvalue weighted by atomic mass is 9.81. The number of rotatable bonds is 1. The maximum atomic E-state index is 6.09. The van der Waals surface area contributed by atoms with Gasteiger partial charge in [-0.1, -0.05) is 56.3 Å². The number of para-hydroxylation sites is 1. The van der Waals surface area contributed by atoms with Gasteiger partial charge in [0.15, 0.2) is 0 Å². The van der Waals surface area contributed by atoms with Gasteiger partial charge in [-0.3, -0.25) is 0 Å². The molecule has 2 N–H and O–H groups in total. The van der Waals surface area contributed by atoms with Crippen molar-refractivity contribution in [2.75, 3.05) is 5.73 Å². The molecule has 0 saturated heterocycles. The normalized spacial score (nSPS) is 14.3. The Balaban J connectivity index is 1.54. The monoisotopic (exact) mass is 375 g/mol. The molecule has 0 spiro atoms. The summed E-state index contributed by atoms with van der Waals surface area (Å²) < 4.78 is 5.99. The fourth-order valence-electron chi connectivity index (χ4n) is 4.84. The summed E-state index contributed by atoms with van der Waals surface area (Å²) in [7, 11) is 0. The van der Waals surface area contributed by atoms with Crippen molar-refractivity contribution in [3.8, 4) is 22.3 Å². The summed E-state index contributed by atoms with van der Waals surface area (Å²) in [5.74, 6) is 0. The van der Waals surface area contributed by atoms with Gasteiger partial charge in [-0.25, -0.2) is 0 Å². The van der Waals surface area contributed by atoms with E-state index in [-0.39, 0.29) is 5.41 Å². The number of furan rings is 1. The molecule has 1 aliphatic carbocycles. The molecule has 0 unspecified atom stereocenters. The summed E-state index contributed by atoms with van der Waals surface area (Å²) in [4.78, 5) is 0. The van der Waals surface area contributed by atoms with Crippen LogP contribution in [0.5, 0.6) is 0 Å². The SMILES string of the molecule is CC1(C)c2cc(N)ccc2-c2ccc(-c3ccc4oc5ccccc5c4c3)cc21. The van der Waals surface area contributed by atoms with Crippen LogP contribution in [0.15, 0.2) is 83.3 Å². The Bertz CT molecular complexity index is 1440. The van der Waals surface area contributed by atoms with Crippen LogP contribution >= 0.6 is 0 Å². The highest BCUT2D eigenvalue weighted by Gasteiger charge is 2.35. The smallest absolute Gasteiger partial charge is 0.135 e. The highest BCUT2D eigenvalue weighted by atomic mass is 16.3. The number of nitrogen functional groups attached to an aromatic ring is 1. The van der Waals surface area contributed by atoms with Gasteiger partial charge in [0.1, 0.15) is 11.2 Å². The van der Waals surface area contributed by atoms with Crippen LogP contribution in [0.3, 0.4) is 0 Å². The fraction of sp³-hybridized carbons (Fsp3) is 0.111. The number of hydrogen-bond donors (Lipinski definition) is 1. The Kier molecular flexibility index (Phi) is 3.12. The first kappa shape index (κ1) is 16.4. The summed E-state index contributed by atoms with van der Waals surface area (Å²) >= 11 is 0. The molecule has 5 aromatic rings. The molecule has 0 atom stereocenters. The zero-order chi connectivity index (χ0) is 19.8. The minimum atomic E-state index is -0.0670. The minimum Gasteiger partial charge on any atom is -0.456 e. The van der Waals surface area contributed by atoms with Crippen LogP contribution in [0.25, 0.3) is 44.2 Å². The van der Waals surface area contributed by atoms with Gasteiger partial charge >= 0.3 is 0 Å². The molecule has 2 nitrogen and oxygen atoms in total. The fourth-order valence-corrected chi connectivity index (χ4v) is 4.84. The predicted molar refractivity (Wildman–Crippen MR) is 121 cm³/mol.